The van der Waals surface area contributed by atoms with Crippen molar-refractivity contribution in [2.75, 3.05) is 0 Å². The molecule has 0 atom stereocenters. The molecule has 0 amide bonds. The highest BCUT2D eigenvalue weighted by Crippen LogP contribution is 2.38. The molecule has 0 aliphatic carbocycles. The zero-order valence-corrected chi connectivity index (χ0v) is 11.8. The molecule has 1 aromatic heterocycles. The molecule has 0 N–H and O–H groups in total. The van der Waals surface area contributed by atoms with Gasteiger partial charge >= 0.3 is 0 Å². The Morgan fingerprint density at radius 3 is 2.35 bits per heavy atom. The minimum atomic E-state index is 0.358. The van der Waals surface area contributed by atoms with Crippen molar-refractivity contribution in [3.63, 3.8) is 0 Å². The summed E-state index contributed by atoms with van der Waals surface area (Å²) >= 11 is 23.9. The fourth-order valence-electron chi connectivity index (χ4n) is 1.51. The number of benzene rings is 1. The Bertz CT molecular complexity index is 581. The van der Waals surface area contributed by atoms with Crippen molar-refractivity contribution in [1.82, 2.24) is 4.98 Å². The summed E-state index contributed by atoms with van der Waals surface area (Å²) in [6, 6.07) is 7.11. The summed E-state index contributed by atoms with van der Waals surface area (Å²) in [6.07, 6.45) is 0. The zero-order valence-electron chi connectivity index (χ0n) is 8.77. The maximum atomic E-state index is 6.10. The van der Waals surface area contributed by atoms with E-state index in [0.29, 0.717) is 20.2 Å². The van der Waals surface area contributed by atoms with Crippen molar-refractivity contribution >= 4 is 46.4 Å². The SMILES string of the molecule is Cc1c(-c2cccc(Cl)n2)cc(Cl)c(Cl)c1Cl. The first-order valence-corrected chi connectivity index (χ1v) is 6.29. The van der Waals surface area contributed by atoms with Crippen molar-refractivity contribution in [2.24, 2.45) is 0 Å². The smallest absolute Gasteiger partial charge is 0.129 e. The normalized spacial score (nSPS) is 10.6. The molecule has 0 spiro atoms. The number of pyridine rings is 1. The van der Waals surface area contributed by atoms with Crippen LogP contribution in [-0.2, 0) is 0 Å². The molecule has 0 saturated heterocycles. The lowest BCUT2D eigenvalue weighted by atomic mass is 10.1. The second-order valence-corrected chi connectivity index (χ2v) is 5.05. The van der Waals surface area contributed by atoms with Gasteiger partial charge in [-0.25, -0.2) is 4.98 Å². The number of halogens is 4. The van der Waals surface area contributed by atoms with Gasteiger partial charge in [0.05, 0.1) is 20.8 Å². The Morgan fingerprint density at radius 2 is 1.71 bits per heavy atom. The van der Waals surface area contributed by atoms with Crippen molar-refractivity contribution in [3.8, 4) is 11.3 Å². The molecule has 2 rings (SSSR count). The molecule has 2 aromatic rings. The van der Waals surface area contributed by atoms with Crippen LogP contribution in [0, 0.1) is 6.92 Å². The predicted molar refractivity (Wildman–Crippen MR) is 74.5 cm³/mol. The van der Waals surface area contributed by atoms with E-state index in [1.165, 1.54) is 0 Å². The summed E-state index contributed by atoms with van der Waals surface area (Å²) in [4.78, 5) is 4.22. The van der Waals surface area contributed by atoms with E-state index < -0.39 is 0 Å². The predicted octanol–water partition coefficient (Wildman–Crippen LogP) is 5.67. The molecule has 0 aliphatic heterocycles. The molecule has 1 nitrogen and oxygen atoms in total. The summed E-state index contributed by atoms with van der Waals surface area (Å²) in [7, 11) is 0. The molecule has 5 heteroatoms. The Hall–Kier alpha value is -0.470. The fraction of sp³-hybridized carbons (Fsp3) is 0.0833. The zero-order chi connectivity index (χ0) is 12.6. The maximum absolute atomic E-state index is 6.10. The Labute approximate surface area is 119 Å². The first-order valence-electron chi connectivity index (χ1n) is 4.77. The molecule has 0 saturated carbocycles. The van der Waals surface area contributed by atoms with Crippen molar-refractivity contribution in [1.29, 1.82) is 0 Å². The molecule has 0 bridgehead atoms. The highest BCUT2D eigenvalue weighted by Gasteiger charge is 2.13. The van der Waals surface area contributed by atoms with E-state index in [4.69, 9.17) is 46.4 Å². The monoisotopic (exact) mass is 305 g/mol. The lowest BCUT2D eigenvalue weighted by molar-refractivity contribution is 1.31. The third-order valence-corrected chi connectivity index (χ3v) is 3.96. The summed E-state index contributed by atoms with van der Waals surface area (Å²) in [5, 5.41) is 1.62. The molecular formula is C12H7Cl4N. The van der Waals surface area contributed by atoms with Crippen molar-refractivity contribution in [3.05, 3.63) is 50.0 Å². The van der Waals surface area contributed by atoms with Gasteiger partial charge in [-0.2, -0.15) is 0 Å². The van der Waals surface area contributed by atoms with Gasteiger partial charge in [-0.3, -0.25) is 0 Å². The van der Waals surface area contributed by atoms with Crippen LogP contribution in [0.1, 0.15) is 5.56 Å². The number of hydrogen-bond donors (Lipinski definition) is 0. The number of hydrogen-bond acceptors (Lipinski definition) is 1. The number of rotatable bonds is 1. The van der Waals surface area contributed by atoms with Gasteiger partial charge < -0.3 is 0 Å². The lowest BCUT2D eigenvalue weighted by Gasteiger charge is -2.10. The molecule has 0 aliphatic rings. The summed E-state index contributed by atoms with van der Waals surface area (Å²) in [5.74, 6) is 0. The second-order valence-electron chi connectivity index (χ2n) is 3.50. The highest BCUT2D eigenvalue weighted by molar-refractivity contribution is 6.48. The lowest BCUT2D eigenvalue weighted by Crippen LogP contribution is -1.90. The van der Waals surface area contributed by atoms with E-state index in [1.807, 2.05) is 19.1 Å². The number of aromatic nitrogens is 1. The van der Waals surface area contributed by atoms with Crippen molar-refractivity contribution < 1.29 is 0 Å². The molecule has 0 radical (unpaired) electrons. The van der Waals surface area contributed by atoms with E-state index in [1.54, 1.807) is 12.1 Å². The second kappa shape index (κ2) is 5.03. The highest BCUT2D eigenvalue weighted by atomic mass is 35.5. The van der Waals surface area contributed by atoms with Crippen LogP contribution < -0.4 is 0 Å². The molecule has 17 heavy (non-hydrogen) atoms. The van der Waals surface area contributed by atoms with Gasteiger partial charge in [0.2, 0.25) is 0 Å². The van der Waals surface area contributed by atoms with E-state index in [9.17, 15) is 0 Å². The van der Waals surface area contributed by atoms with Gasteiger partial charge in [0.25, 0.3) is 0 Å². The quantitative estimate of drug-likeness (QED) is 0.488. The van der Waals surface area contributed by atoms with Gasteiger partial charge in [-0.15, -0.1) is 0 Å². The Kier molecular flexibility index (Phi) is 3.84. The molecular weight excluding hydrogens is 300 g/mol. The van der Waals surface area contributed by atoms with E-state index >= 15 is 0 Å². The van der Waals surface area contributed by atoms with Gasteiger partial charge in [-0.1, -0.05) is 52.5 Å². The molecule has 1 aromatic carbocycles. The first kappa shape index (κ1) is 13.0. The van der Waals surface area contributed by atoms with Gasteiger partial charge in [0, 0.05) is 5.56 Å². The van der Waals surface area contributed by atoms with Gasteiger partial charge in [0.15, 0.2) is 0 Å². The Morgan fingerprint density at radius 1 is 1.00 bits per heavy atom. The van der Waals surface area contributed by atoms with Crippen LogP contribution in [0.25, 0.3) is 11.3 Å². The maximum Gasteiger partial charge on any atom is 0.129 e. The third-order valence-electron chi connectivity index (χ3n) is 2.40. The van der Waals surface area contributed by atoms with E-state index in [-0.39, 0.29) is 0 Å². The fourth-order valence-corrected chi connectivity index (χ4v) is 2.33. The van der Waals surface area contributed by atoms with E-state index in [2.05, 4.69) is 4.98 Å². The van der Waals surface area contributed by atoms with Crippen LogP contribution in [0.3, 0.4) is 0 Å². The van der Waals surface area contributed by atoms with Crippen LogP contribution in [0.4, 0.5) is 0 Å². The average molecular weight is 307 g/mol. The van der Waals surface area contributed by atoms with Crippen LogP contribution in [-0.4, -0.2) is 4.98 Å². The standard InChI is InChI=1S/C12H7Cl4N/c1-6-7(5-8(13)12(16)11(6)15)9-3-2-4-10(14)17-9/h2-5H,1H3. The average Bonchev–Trinajstić information content (AvgIpc) is 2.31. The minimum absolute atomic E-state index is 0.358. The van der Waals surface area contributed by atoms with Crippen molar-refractivity contribution in [2.45, 2.75) is 6.92 Å². The molecule has 1 heterocycles. The minimum Gasteiger partial charge on any atom is -0.236 e. The number of nitrogens with zero attached hydrogens (tertiary/aromatic N) is 1. The van der Waals surface area contributed by atoms with Crippen LogP contribution in [0.5, 0.6) is 0 Å². The molecule has 0 fully saturated rings. The van der Waals surface area contributed by atoms with E-state index in [0.717, 1.165) is 16.8 Å². The first-order chi connectivity index (χ1) is 8.00. The summed E-state index contributed by atoms with van der Waals surface area (Å²) in [6.45, 7) is 1.86. The topological polar surface area (TPSA) is 12.9 Å². The van der Waals surface area contributed by atoms with Crippen LogP contribution in [0.15, 0.2) is 24.3 Å². The van der Waals surface area contributed by atoms with Gasteiger partial charge in [0.1, 0.15) is 5.15 Å². The summed E-state index contributed by atoms with van der Waals surface area (Å²) < 4.78 is 0. The van der Waals surface area contributed by atoms with Gasteiger partial charge in [-0.05, 0) is 30.7 Å². The van der Waals surface area contributed by atoms with Crippen LogP contribution in [0.2, 0.25) is 20.2 Å². The third kappa shape index (κ3) is 2.53. The van der Waals surface area contributed by atoms with Crippen LogP contribution >= 0.6 is 46.4 Å². The molecule has 88 valence electrons. The molecule has 0 unspecified atom stereocenters. The largest absolute Gasteiger partial charge is 0.236 e. The Balaban J connectivity index is 2.68. The summed E-state index contributed by atoms with van der Waals surface area (Å²) in [5.41, 5.74) is 2.37.